The lowest BCUT2D eigenvalue weighted by molar-refractivity contribution is -0.123. The average molecular weight is 190 g/mol. The maximum atomic E-state index is 11.2. The molecular formula is C10H10N2O2. The van der Waals surface area contributed by atoms with Gasteiger partial charge in [-0.15, -0.1) is 0 Å². The molecule has 1 aliphatic heterocycles. The van der Waals surface area contributed by atoms with E-state index in [1.165, 1.54) is 0 Å². The largest absolute Gasteiger partial charge is 0.451 e. The zero-order chi connectivity index (χ0) is 9.97. The number of rotatable bonds is 2. The van der Waals surface area contributed by atoms with E-state index in [2.05, 4.69) is 5.32 Å². The van der Waals surface area contributed by atoms with Gasteiger partial charge < -0.3 is 4.74 Å². The molecule has 1 aromatic carbocycles. The van der Waals surface area contributed by atoms with Crippen LogP contribution in [0.15, 0.2) is 30.3 Å². The third kappa shape index (κ3) is 1.74. The smallest absolute Gasteiger partial charge is 0.289 e. The highest BCUT2D eigenvalue weighted by molar-refractivity contribution is 6.00. The predicted octanol–water partition coefficient (Wildman–Crippen LogP) is 0.679. The lowest BCUT2D eigenvalue weighted by Crippen LogP contribution is -2.25. The summed E-state index contributed by atoms with van der Waals surface area (Å²) in [6.07, 6.45) is -0.0420. The first-order valence-electron chi connectivity index (χ1n) is 4.36. The van der Waals surface area contributed by atoms with E-state index in [1.54, 1.807) is 0 Å². The Hall–Kier alpha value is -1.84. The molecule has 2 N–H and O–H groups in total. The van der Waals surface area contributed by atoms with Crippen molar-refractivity contribution >= 4 is 11.9 Å². The zero-order valence-electron chi connectivity index (χ0n) is 7.49. The third-order valence-electron chi connectivity index (χ3n) is 2.05. The molecule has 0 saturated carbocycles. The quantitative estimate of drug-likeness (QED) is 0.720. The monoisotopic (exact) mass is 190 g/mol. The number of nitrogens with one attached hydrogen (secondary N) is 2. The van der Waals surface area contributed by atoms with Crippen LogP contribution in [0.2, 0.25) is 0 Å². The van der Waals surface area contributed by atoms with Gasteiger partial charge in [-0.2, -0.15) is 0 Å². The maximum Gasteiger partial charge on any atom is 0.289 e. The number of carbonyl (C=O) groups excluding carboxylic acids is 1. The van der Waals surface area contributed by atoms with Gasteiger partial charge in [-0.1, -0.05) is 30.3 Å². The van der Waals surface area contributed by atoms with Crippen LogP contribution in [0.3, 0.4) is 0 Å². The van der Waals surface area contributed by atoms with Crippen LogP contribution in [0, 0.1) is 5.41 Å². The molecule has 14 heavy (non-hydrogen) atoms. The summed E-state index contributed by atoms with van der Waals surface area (Å²) in [6.45, 7) is 0. The Bertz CT molecular complexity index is 362. The normalized spacial score (nSPS) is 20.4. The molecule has 1 aliphatic rings. The van der Waals surface area contributed by atoms with Crippen molar-refractivity contribution in [3.8, 4) is 0 Å². The van der Waals surface area contributed by atoms with Gasteiger partial charge in [0.25, 0.3) is 11.9 Å². The van der Waals surface area contributed by atoms with Gasteiger partial charge in [0.1, 0.15) is 0 Å². The Morgan fingerprint density at radius 1 is 1.36 bits per heavy atom. The predicted molar refractivity (Wildman–Crippen MR) is 50.9 cm³/mol. The van der Waals surface area contributed by atoms with Crippen LogP contribution in [0.4, 0.5) is 0 Å². The zero-order valence-corrected chi connectivity index (χ0v) is 7.49. The molecule has 1 unspecified atom stereocenters. The summed E-state index contributed by atoms with van der Waals surface area (Å²) in [5.41, 5.74) is 1.03. The maximum absolute atomic E-state index is 11.2. The number of benzene rings is 1. The molecule has 0 aliphatic carbocycles. The minimum Gasteiger partial charge on any atom is -0.451 e. The summed E-state index contributed by atoms with van der Waals surface area (Å²) in [5, 5.41) is 9.43. The Labute approximate surface area is 81.4 Å². The van der Waals surface area contributed by atoms with Crippen molar-refractivity contribution in [2.24, 2.45) is 0 Å². The molecule has 1 fully saturated rings. The number of hydrogen-bond donors (Lipinski definition) is 2. The highest BCUT2D eigenvalue weighted by Gasteiger charge is 2.29. The molecular weight excluding hydrogens is 180 g/mol. The van der Waals surface area contributed by atoms with Gasteiger partial charge in [-0.05, 0) is 5.56 Å². The average Bonchev–Trinajstić information content (AvgIpc) is 2.47. The minimum absolute atomic E-state index is 0.157. The van der Waals surface area contributed by atoms with Crippen LogP contribution in [0.1, 0.15) is 5.56 Å². The topological polar surface area (TPSA) is 62.2 Å². The van der Waals surface area contributed by atoms with Crippen LogP contribution in [0.25, 0.3) is 0 Å². The van der Waals surface area contributed by atoms with Gasteiger partial charge in [-0.3, -0.25) is 15.5 Å². The Morgan fingerprint density at radius 3 is 2.64 bits per heavy atom. The summed E-state index contributed by atoms with van der Waals surface area (Å²) in [6, 6.07) is 9.44. The molecule has 1 atom stereocenters. The highest BCUT2D eigenvalue weighted by Crippen LogP contribution is 2.09. The number of ether oxygens (including phenoxy) is 1. The molecule has 0 aromatic heterocycles. The van der Waals surface area contributed by atoms with E-state index in [0.29, 0.717) is 6.42 Å². The van der Waals surface area contributed by atoms with E-state index < -0.39 is 6.10 Å². The first-order chi connectivity index (χ1) is 6.75. The lowest BCUT2D eigenvalue weighted by atomic mass is 10.1. The summed E-state index contributed by atoms with van der Waals surface area (Å²) >= 11 is 0. The Balaban J connectivity index is 2.05. The molecule has 1 aromatic rings. The molecule has 72 valence electrons. The highest BCUT2D eigenvalue weighted by atomic mass is 16.5. The second-order valence-electron chi connectivity index (χ2n) is 3.11. The molecule has 0 radical (unpaired) electrons. The summed E-state index contributed by atoms with van der Waals surface area (Å²) in [5.74, 6) is -0.237. The molecule has 0 bridgehead atoms. The van der Waals surface area contributed by atoms with Crippen LogP contribution in [0.5, 0.6) is 0 Å². The van der Waals surface area contributed by atoms with Gasteiger partial charge in [-0.25, -0.2) is 0 Å². The Kier molecular flexibility index (Phi) is 2.18. The molecule has 4 heteroatoms. The molecule has 1 amide bonds. The molecule has 1 heterocycles. The third-order valence-corrected chi connectivity index (χ3v) is 2.05. The van der Waals surface area contributed by atoms with Gasteiger partial charge >= 0.3 is 0 Å². The van der Waals surface area contributed by atoms with Crippen molar-refractivity contribution in [3.05, 3.63) is 35.9 Å². The van der Waals surface area contributed by atoms with Crippen molar-refractivity contribution < 1.29 is 9.53 Å². The fourth-order valence-electron chi connectivity index (χ4n) is 1.38. The van der Waals surface area contributed by atoms with Crippen molar-refractivity contribution in [2.75, 3.05) is 0 Å². The molecule has 4 nitrogen and oxygen atoms in total. The van der Waals surface area contributed by atoms with E-state index in [0.717, 1.165) is 5.56 Å². The minimum atomic E-state index is -0.551. The van der Waals surface area contributed by atoms with Gasteiger partial charge in [0.05, 0.1) is 0 Å². The molecule has 2 rings (SSSR count). The van der Waals surface area contributed by atoms with E-state index in [9.17, 15) is 4.79 Å². The van der Waals surface area contributed by atoms with E-state index in [1.807, 2.05) is 30.3 Å². The van der Waals surface area contributed by atoms with Crippen molar-refractivity contribution in [3.63, 3.8) is 0 Å². The fraction of sp³-hybridized carbons (Fsp3) is 0.200. The number of amidine groups is 1. The van der Waals surface area contributed by atoms with Gasteiger partial charge in [0.15, 0.2) is 6.10 Å². The standard InChI is InChI=1S/C10H10N2O2/c11-10-12-9(13)8(14-10)6-7-4-2-1-3-5-7/h1-5,8H,6H2,(H2,11,12,13). The lowest BCUT2D eigenvalue weighted by Gasteiger charge is -2.05. The van der Waals surface area contributed by atoms with Crippen molar-refractivity contribution in [2.45, 2.75) is 12.5 Å². The van der Waals surface area contributed by atoms with E-state index in [-0.39, 0.29) is 11.9 Å². The number of hydrogen-bond acceptors (Lipinski definition) is 3. The SMILES string of the molecule is N=C1NC(=O)C(Cc2ccccc2)O1. The summed E-state index contributed by atoms with van der Waals surface area (Å²) < 4.78 is 5.00. The van der Waals surface area contributed by atoms with Gasteiger partial charge in [0, 0.05) is 6.42 Å². The molecule has 0 spiro atoms. The van der Waals surface area contributed by atoms with Crippen LogP contribution in [-0.4, -0.2) is 18.0 Å². The van der Waals surface area contributed by atoms with E-state index >= 15 is 0 Å². The van der Waals surface area contributed by atoms with E-state index in [4.69, 9.17) is 10.1 Å². The second kappa shape index (κ2) is 3.49. The first kappa shape index (κ1) is 8.74. The fourth-order valence-corrected chi connectivity index (χ4v) is 1.38. The van der Waals surface area contributed by atoms with Crippen LogP contribution >= 0.6 is 0 Å². The summed E-state index contributed by atoms with van der Waals surface area (Å²) in [7, 11) is 0. The van der Waals surface area contributed by atoms with Crippen molar-refractivity contribution in [1.82, 2.24) is 5.32 Å². The Morgan fingerprint density at radius 2 is 2.07 bits per heavy atom. The first-order valence-corrected chi connectivity index (χ1v) is 4.36. The van der Waals surface area contributed by atoms with Gasteiger partial charge in [0.2, 0.25) is 0 Å². The number of carbonyl (C=O) groups is 1. The second-order valence-corrected chi connectivity index (χ2v) is 3.11. The van der Waals surface area contributed by atoms with Crippen LogP contribution < -0.4 is 5.32 Å². The number of amides is 1. The summed E-state index contributed by atoms with van der Waals surface area (Å²) in [4.78, 5) is 11.2. The molecule has 1 saturated heterocycles. The van der Waals surface area contributed by atoms with Crippen LogP contribution in [-0.2, 0) is 16.0 Å². The van der Waals surface area contributed by atoms with Crippen molar-refractivity contribution in [1.29, 1.82) is 5.41 Å².